The van der Waals surface area contributed by atoms with Crippen molar-refractivity contribution >= 4 is 17.0 Å². The fourth-order valence-electron chi connectivity index (χ4n) is 2.03. The van der Waals surface area contributed by atoms with Crippen molar-refractivity contribution in [1.29, 1.82) is 0 Å². The number of hydrogen-bond acceptors (Lipinski definition) is 5. The van der Waals surface area contributed by atoms with Gasteiger partial charge in [-0.05, 0) is 25.0 Å². The molecule has 0 unspecified atom stereocenters. The fourth-order valence-corrected chi connectivity index (χ4v) is 2.45. The van der Waals surface area contributed by atoms with Gasteiger partial charge in [-0.25, -0.2) is 0 Å². The molecule has 0 saturated carbocycles. The van der Waals surface area contributed by atoms with E-state index in [0.29, 0.717) is 5.19 Å². The predicted octanol–water partition coefficient (Wildman–Crippen LogP) is 2.93. The van der Waals surface area contributed by atoms with E-state index in [1.807, 2.05) is 12.1 Å². The predicted molar refractivity (Wildman–Crippen MR) is 67.9 cm³/mol. The van der Waals surface area contributed by atoms with E-state index in [9.17, 15) is 0 Å². The molecule has 0 N–H and O–H groups in total. The first-order valence-corrected chi connectivity index (χ1v) is 6.59. The Hall–Kier alpha value is -1.62. The number of aromatic nitrogens is 2. The molecule has 88 valence electrons. The second kappa shape index (κ2) is 4.71. The first-order chi connectivity index (χ1) is 8.42. The van der Waals surface area contributed by atoms with Crippen LogP contribution in [0.4, 0.5) is 5.69 Å². The van der Waals surface area contributed by atoms with Crippen molar-refractivity contribution in [3.05, 3.63) is 29.8 Å². The van der Waals surface area contributed by atoms with Crippen molar-refractivity contribution in [2.45, 2.75) is 12.8 Å². The van der Waals surface area contributed by atoms with Crippen molar-refractivity contribution in [3.8, 4) is 10.9 Å². The lowest BCUT2D eigenvalue weighted by atomic mass is 10.3. The Bertz CT molecular complexity index is 480. The van der Waals surface area contributed by atoms with Gasteiger partial charge >= 0.3 is 0 Å². The second-order valence-corrected chi connectivity index (χ2v) is 4.79. The van der Waals surface area contributed by atoms with E-state index in [2.05, 4.69) is 27.2 Å². The van der Waals surface area contributed by atoms with E-state index in [-0.39, 0.29) is 0 Å². The van der Waals surface area contributed by atoms with Gasteiger partial charge < -0.3 is 9.64 Å². The standard InChI is InChI=1S/C12H13N3OS/c1-2-7-15(6-1)10-4-3-5-11(8-10)16-12-14-13-9-17-12/h3-5,8-9H,1-2,6-7H2. The van der Waals surface area contributed by atoms with Crippen molar-refractivity contribution in [2.24, 2.45) is 0 Å². The lowest BCUT2D eigenvalue weighted by Crippen LogP contribution is -2.17. The number of ether oxygens (including phenoxy) is 1. The van der Waals surface area contributed by atoms with E-state index < -0.39 is 0 Å². The smallest absolute Gasteiger partial charge is 0.299 e. The molecule has 2 heterocycles. The summed E-state index contributed by atoms with van der Waals surface area (Å²) >= 11 is 1.40. The number of anilines is 1. The van der Waals surface area contributed by atoms with Crippen LogP contribution in [0.15, 0.2) is 29.8 Å². The highest BCUT2D eigenvalue weighted by molar-refractivity contribution is 7.11. The molecule has 0 bridgehead atoms. The molecule has 2 aromatic rings. The largest absolute Gasteiger partial charge is 0.430 e. The van der Waals surface area contributed by atoms with Crippen LogP contribution < -0.4 is 9.64 Å². The van der Waals surface area contributed by atoms with E-state index in [1.54, 1.807) is 5.51 Å². The summed E-state index contributed by atoms with van der Waals surface area (Å²) in [5, 5.41) is 8.21. The Kier molecular flexibility index (Phi) is 2.92. The Labute approximate surface area is 104 Å². The van der Waals surface area contributed by atoms with Gasteiger partial charge in [0.05, 0.1) is 0 Å². The maximum absolute atomic E-state index is 5.64. The molecule has 1 fully saturated rings. The normalized spacial score (nSPS) is 15.2. The molecule has 3 rings (SSSR count). The van der Waals surface area contributed by atoms with Crippen molar-refractivity contribution < 1.29 is 4.74 Å². The van der Waals surface area contributed by atoms with Gasteiger partial charge in [-0.1, -0.05) is 22.5 Å². The Morgan fingerprint density at radius 3 is 2.88 bits per heavy atom. The monoisotopic (exact) mass is 247 g/mol. The third kappa shape index (κ3) is 2.39. The molecule has 0 atom stereocenters. The summed E-state index contributed by atoms with van der Waals surface area (Å²) in [4.78, 5) is 2.38. The van der Waals surface area contributed by atoms with Crippen molar-refractivity contribution in [2.75, 3.05) is 18.0 Å². The molecular formula is C12H13N3OS. The Morgan fingerprint density at radius 2 is 2.12 bits per heavy atom. The summed E-state index contributed by atoms with van der Waals surface area (Å²) < 4.78 is 5.64. The topological polar surface area (TPSA) is 38.3 Å². The molecule has 1 aromatic carbocycles. The van der Waals surface area contributed by atoms with Gasteiger partial charge in [0.25, 0.3) is 5.19 Å². The molecule has 17 heavy (non-hydrogen) atoms. The first-order valence-electron chi connectivity index (χ1n) is 5.71. The summed E-state index contributed by atoms with van der Waals surface area (Å²) in [6.45, 7) is 2.28. The molecule has 1 aliphatic heterocycles. The number of nitrogens with zero attached hydrogens (tertiary/aromatic N) is 3. The van der Waals surface area contributed by atoms with Crippen LogP contribution in [0.5, 0.6) is 10.9 Å². The highest BCUT2D eigenvalue weighted by atomic mass is 32.1. The minimum atomic E-state index is 0.587. The molecule has 0 aliphatic carbocycles. The maximum atomic E-state index is 5.64. The SMILES string of the molecule is c1cc(Oc2nncs2)cc(N2CCCC2)c1. The quantitative estimate of drug-likeness (QED) is 0.836. The molecule has 1 saturated heterocycles. The van der Waals surface area contributed by atoms with Crippen LogP contribution in [0.25, 0.3) is 0 Å². The first kappa shape index (κ1) is 10.5. The van der Waals surface area contributed by atoms with Crippen LogP contribution in [0.1, 0.15) is 12.8 Å². The van der Waals surface area contributed by atoms with Gasteiger partial charge in [-0.2, -0.15) is 0 Å². The minimum absolute atomic E-state index is 0.587. The van der Waals surface area contributed by atoms with Crippen LogP contribution in [-0.2, 0) is 0 Å². The lowest BCUT2D eigenvalue weighted by molar-refractivity contribution is 0.473. The van der Waals surface area contributed by atoms with Crippen molar-refractivity contribution in [3.63, 3.8) is 0 Å². The van der Waals surface area contributed by atoms with Crippen LogP contribution >= 0.6 is 11.3 Å². The average Bonchev–Trinajstić information content (AvgIpc) is 3.01. The summed E-state index contributed by atoms with van der Waals surface area (Å²) in [5.41, 5.74) is 2.89. The van der Waals surface area contributed by atoms with Gasteiger partial charge in [0, 0.05) is 24.8 Å². The summed E-state index contributed by atoms with van der Waals surface area (Å²) in [6.07, 6.45) is 2.56. The molecular weight excluding hydrogens is 234 g/mol. The van der Waals surface area contributed by atoms with Gasteiger partial charge in [0.1, 0.15) is 11.3 Å². The molecule has 1 aliphatic rings. The fraction of sp³-hybridized carbons (Fsp3) is 0.333. The van der Waals surface area contributed by atoms with Gasteiger partial charge in [-0.15, -0.1) is 5.10 Å². The molecule has 0 spiro atoms. The third-order valence-corrected chi connectivity index (χ3v) is 3.40. The molecule has 4 nitrogen and oxygen atoms in total. The zero-order chi connectivity index (χ0) is 11.5. The number of hydrogen-bond donors (Lipinski definition) is 0. The zero-order valence-corrected chi connectivity index (χ0v) is 10.2. The second-order valence-electron chi connectivity index (χ2n) is 4.00. The van der Waals surface area contributed by atoms with Crippen LogP contribution in [-0.4, -0.2) is 23.3 Å². The minimum Gasteiger partial charge on any atom is -0.430 e. The van der Waals surface area contributed by atoms with Crippen LogP contribution in [0.2, 0.25) is 0 Å². The molecule has 1 aromatic heterocycles. The van der Waals surface area contributed by atoms with Crippen LogP contribution in [0, 0.1) is 0 Å². The number of benzene rings is 1. The molecule has 5 heteroatoms. The summed E-state index contributed by atoms with van der Waals surface area (Å²) in [6, 6.07) is 8.15. The van der Waals surface area contributed by atoms with Crippen LogP contribution in [0.3, 0.4) is 0 Å². The summed E-state index contributed by atoms with van der Waals surface area (Å²) in [7, 11) is 0. The van der Waals surface area contributed by atoms with E-state index in [1.165, 1.54) is 29.9 Å². The maximum Gasteiger partial charge on any atom is 0.299 e. The van der Waals surface area contributed by atoms with E-state index >= 15 is 0 Å². The van der Waals surface area contributed by atoms with Gasteiger partial charge in [-0.3, -0.25) is 0 Å². The Balaban J connectivity index is 1.78. The Morgan fingerprint density at radius 1 is 1.24 bits per heavy atom. The van der Waals surface area contributed by atoms with Gasteiger partial charge in [0.15, 0.2) is 0 Å². The summed E-state index contributed by atoms with van der Waals surface area (Å²) in [5.74, 6) is 0.825. The zero-order valence-electron chi connectivity index (χ0n) is 9.37. The van der Waals surface area contributed by atoms with E-state index in [0.717, 1.165) is 18.8 Å². The third-order valence-electron chi connectivity index (χ3n) is 2.83. The van der Waals surface area contributed by atoms with Crippen molar-refractivity contribution in [1.82, 2.24) is 10.2 Å². The number of rotatable bonds is 3. The molecule has 0 radical (unpaired) electrons. The lowest BCUT2D eigenvalue weighted by Gasteiger charge is -2.17. The highest BCUT2D eigenvalue weighted by Gasteiger charge is 2.12. The average molecular weight is 247 g/mol. The highest BCUT2D eigenvalue weighted by Crippen LogP contribution is 2.28. The molecule has 0 amide bonds. The van der Waals surface area contributed by atoms with E-state index in [4.69, 9.17) is 4.74 Å². The van der Waals surface area contributed by atoms with Gasteiger partial charge in [0.2, 0.25) is 0 Å².